The second-order valence-corrected chi connectivity index (χ2v) is 6.37. The molecular weight excluding hydrogens is 431 g/mol. The number of thiazole rings is 1. The van der Waals surface area contributed by atoms with Gasteiger partial charge in [0.25, 0.3) is 0 Å². The predicted octanol–water partition coefficient (Wildman–Crippen LogP) is 4.46. The van der Waals surface area contributed by atoms with E-state index in [0.29, 0.717) is 5.96 Å². The molecule has 0 amide bonds. The van der Waals surface area contributed by atoms with Crippen LogP contribution in [0.2, 0.25) is 0 Å². The van der Waals surface area contributed by atoms with Gasteiger partial charge in [0, 0.05) is 30.5 Å². The summed E-state index contributed by atoms with van der Waals surface area (Å²) in [5.74, 6) is 0.542. The third kappa shape index (κ3) is 7.61. The molecule has 3 N–H and O–H groups in total. The quantitative estimate of drug-likeness (QED) is 0.253. The number of guanidine groups is 1. The van der Waals surface area contributed by atoms with Crippen molar-refractivity contribution in [2.45, 2.75) is 39.0 Å². The number of halogens is 1. The Morgan fingerprint density at radius 2 is 2.00 bits per heavy atom. The molecule has 2 rings (SSSR count). The third-order valence-corrected chi connectivity index (χ3v) is 4.49. The molecule has 0 fully saturated rings. The molecule has 0 radical (unpaired) electrons. The van der Waals surface area contributed by atoms with E-state index in [1.165, 1.54) is 24.8 Å². The van der Waals surface area contributed by atoms with Gasteiger partial charge >= 0.3 is 0 Å². The minimum absolute atomic E-state index is 0. The highest BCUT2D eigenvalue weighted by atomic mass is 127. The normalized spacial score (nSPS) is 11.1. The van der Waals surface area contributed by atoms with Crippen LogP contribution in [0.1, 0.15) is 38.3 Å². The maximum Gasteiger partial charge on any atom is 0.188 e. The molecule has 0 unspecified atom stereocenters. The van der Waals surface area contributed by atoms with Crippen LogP contribution in [0.3, 0.4) is 0 Å². The number of nitrogens with one attached hydrogen (secondary N) is 1. The summed E-state index contributed by atoms with van der Waals surface area (Å²) in [6.45, 7) is 3.79. The van der Waals surface area contributed by atoms with Crippen LogP contribution in [0.25, 0.3) is 10.6 Å². The fraction of sp³-hybridized carbons (Fsp3) is 0.444. The number of hydrogen-bond acceptors (Lipinski definition) is 3. The molecule has 6 heteroatoms. The van der Waals surface area contributed by atoms with Crippen LogP contribution < -0.4 is 11.1 Å². The molecule has 2 aromatic rings. The number of nitrogens with two attached hydrogens (primary N) is 1. The Morgan fingerprint density at radius 3 is 2.75 bits per heavy atom. The van der Waals surface area contributed by atoms with Gasteiger partial charge in [-0.05, 0) is 6.42 Å². The Morgan fingerprint density at radius 1 is 1.21 bits per heavy atom. The summed E-state index contributed by atoms with van der Waals surface area (Å²) in [7, 11) is 0. The lowest BCUT2D eigenvalue weighted by Crippen LogP contribution is -2.33. The molecule has 0 aliphatic carbocycles. The standard InChI is InChI=1S/C18H26N4S.HI/c1-2-3-4-8-12-20-18(19)21-13-11-16-14-23-17(22-16)15-9-6-5-7-10-15;/h5-7,9-10,14H,2-4,8,11-13H2,1H3,(H3,19,20,21);1H. The first-order valence-electron chi connectivity index (χ1n) is 8.33. The second kappa shape index (κ2) is 12.2. The van der Waals surface area contributed by atoms with Gasteiger partial charge in [-0.25, -0.2) is 4.98 Å². The van der Waals surface area contributed by atoms with Crippen LogP contribution in [0.5, 0.6) is 0 Å². The van der Waals surface area contributed by atoms with Gasteiger partial charge in [0.15, 0.2) is 5.96 Å². The highest BCUT2D eigenvalue weighted by Crippen LogP contribution is 2.23. The first-order chi connectivity index (χ1) is 11.3. The van der Waals surface area contributed by atoms with Gasteiger partial charge in [0.1, 0.15) is 5.01 Å². The van der Waals surface area contributed by atoms with E-state index < -0.39 is 0 Å². The highest BCUT2D eigenvalue weighted by molar-refractivity contribution is 14.0. The van der Waals surface area contributed by atoms with E-state index in [9.17, 15) is 0 Å². The SMILES string of the molecule is CCCCCCN=C(N)NCCc1csc(-c2ccccc2)n1.I. The van der Waals surface area contributed by atoms with E-state index in [4.69, 9.17) is 5.73 Å². The van der Waals surface area contributed by atoms with Crippen molar-refractivity contribution in [2.75, 3.05) is 13.1 Å². The molecule has 0 bridgehead atoms. The van der Waals surface area contributed by atoms with Crippen LogP contribution in [-0.2, 0) is 6.42 Å². The summed E-state index contributed by atoms with van der Waals surface area (Å²) >= 11 is 1.68. The molecule has 1 aromatic carbocycles. The van der Waals surface area contributed by atoms with Gasteiger partial charge in [0.05, 0.1) is 5.69 Å². The van der Waals surface area contributed by atoms with Crippen LogP contribution in [0.4, 0.5) is 0 Å². The van der Waals surface area contributed by atoms with Crippen LogP contribution in [-0.4, -0.2) is 24.0 Å². The topological polar surface area (TPSA) is 63.3 Å². The highest BCUT2D eigenvalue weighted by Gasteiger charge is 2.04. The molecular formula is C18H27IN4S. The summed E-state index contributed by atoms with van der Waals surface area (Å²) in [6.07, 6.45) is 5.72. The van der Waals surface area contributed by atoms with Gasteiger partial charge in [-0.15, -0.1) is 35.3 Å². The number of unbranched alkanes of at least 4 members (excludes halogenated alkanes) is 3. The predicted molar refractivity (Wildman–Crippen MR) is 115 cm³/mol. The van der Waals surface area contributed by atoms with Crippen molar-refractivity contribution in [1.82, 2.24) is 10.3 Å². The van der Waals surface area contributed by atoms with E-state index in [1.807, 2.05) is 18.2 Å². The van der Waals surface area contributed by atoms with Crippen molar-refractivity contribution in [3.05, 3.63) is 41.4 Å². The van der Waals surface area contributed by atoms with E-state index in [2.05, 4.69) is 39.7 Å². The monoisotopic (exact) mass is 458 g/mol. The molecule has 0 saturated heterocycles. The van der Waals surface area contributed by atoms with Crippen molar-refractivity contribution in [1.29, 1.82) is 0 Å². The van der Waals surface area contributed by atoms with Crippen LogP contribution in [0.15, 0.2) is 40.7 Å². The molecule has 4 nitrogen and oxygen atoms in total. The Balaban J connectivity index is 0.00000288. The van der Waals surface area contributed by atoms with Gasteiger partial charge in [-0.2, -0.15) is 0 Å². The number of aliphatic imine (C=N–C) groups is 1. The maximum atomic E-state index is 5.87. The number of benzene rings is 1. The van der Waals surface area contributed by atoms with Gasteiger partial charge in [0.2, 0.25) is 0 Å². The summed E-state index contributed by atoms with van der Waals surface area (Å²) in [6, 6.07) is 10.3. The molecule has 24 heavy (non-hydrogen) atoms. The van der Waals surface area contributed by atoms with Gasteiger partial charge < -0.3 is 11.1 Å². The average Bonchev–Trinajstić information content (AvgIpc) is 3.04. The Kier molecular flexibility index (Phi) is 10.7. The van der Waals surface area contributed by atoms with Gasteiger partial charge in [-0.3, -0.25) is 4.99 Å². The number of aromatic nitrogens is 1. The number of hydrogen-bond donors (Lipinski definition) is 2. The third-order valence-electron chi connectivity index (χ3n) is 3.55. The van der Waals surface area contributed by atoms with Crippen molar-refractivity contribution in [3.63, 3.8) is 0 Å². The zero-order chi connectivity index (χ0) is 16.3. The van der Waals surface area contributed by atoms with E-state index in [1.54, 1.807) is 11.3 Å². The van der Waals surface area contributed by atoms with Crippen LogP contribution >= 0.6 is 35.3 Å². The van der Waals surface area contributed by atoms with Crippen molar-refractivity contribution >= 4 is 41.3 Å². The minimum Gasteiger partial charge on any atom is -0.370 e. The zero-order valence-corrected chi connectivity index (χ0v) is 17.3. The lowest BCUT2D eigenvalue weighted by atomic mass is 10.2. The van der Waals surface area contributed by atoms with Crippen LogP contribution in [0, 0.1) is 0 Å². The van der Waals surface area contributed by atoms with E-state index in [-0.39, 0.29) is 24.0 Å². The summed E-state index contributed by atoms with van der Waals surface area (Å²) in [5, 5.41) is 6.34. The molecule has 1 heterocycles. The Labute approximate surface area is 166 Å². The summed E-state index contributed by atoms with van der Waals surface area (Å²) in [4.78, 5) is 9.02. The van der Waals surface area contributed by atoms with Crippen molar-refractivity contribution < 1.29 is 0 Å². The Bertz CT molecular complexity index is 598. The lowest BCUT2D eigenvalue weighted by Gasteiger charge is -2.04. The van der Waals surface area contributed by atoms with E-state index >= 15 is 0 Å². The average molecular weight is 458 g/mol. The number of rotatable bonds is 9. The molecule has 1 aromatic heterocycles. The second-order valence-electron chi connectivity index (χ2n) is 5.51. The lowest BCUT2D eigenvalue weighted by molar-refractivity contribution is 0.673. The van der Waals surface area contributed by atoms with Gasteiger partial charge in [-0.1, -0.05) is 56.5 Å². The summed E-state index contributed by atoms with van der Waals surface area (Å²) in [5.41, 5.74) is 8.14. The molecule has 0 saturated carbocycles. The number of nitrogens with zero attached hydrogens (tertiary/aromatic N) is 2. The Hall–Kier alpha value is -1.15. The van der Waals surface area contributed by atoms with Crippen molar-refractivity contribution in [2.24, 2.45) is 10.7 Å². The fourth-order valence-electron chi connectivity index (χ4n) is 2.25. The first-order valence-corrected chi connectivity index (χ1v) is 9.21. The minimum atomic E-state index is 0. The smallest absolute Gasteiger partial charge is 0.188 e. The molecule has 132 valence electrons. The summed E-state index contributed by atoms with van der Waals surface area (Å²) < 4.78 is 0. The van der Waals surface area contributed by atoms with Crippen molar-refractivity contribution in [3.8, 4) is 10.6 Å². The fourth-order valence-corrected chi connectivity index (χ4v) is 3.11. The maximum absolute atomic E-state index is 5.87. The largest absolute Gasteiger partial charge is 0.370 e. The zero-order valence-electron chi connectivity index (χ0n) is 14.2. The molecule has 0 atom stereocenters. The molecule has 0 aliphatic heterocycles. The molecule has 0 spiro atoms. The first kappa shape index (κ1) is 20.9. The molecule has 0 aliphatic rings. The van der Waals surface area contributed by atoms with E-state index in [0.717, 1.165) is 36.6 Å².